The number of ketones is 3. The lowest BCUT2D eigenvalue weighted by atomic mass is 10.0. The van der Waals surface area contributed by atoms with Crippen LogP contribution in [0.4, 0.5) is 11.4 Å². The quantitative estimate of drug-likeness (QED) is 0.248. The Labute approximate surface area is 212 Å². The van der Waals surface area contributed by atoms with Crippen molar-refractivity contribution in [3.05, 3.63) is 131 Å². The molecular weight excluding hydrogens is 448 g/mol. The molecule has 0 N–H and O–H groups in total. The molecule has 4 aromatic carbocycles. The SMILES string of the molecule is CN(C)c1ccc(C(=O)c2ccc(N(C)C)cc2)cc1.O=C(C(=O)c1ccccc1)c1ccccc1. The summed E-state index contributed by atoms with van der Waals surface area (Å²) < 4.78 is 0. The van der Waals surface area contributed by atoms with Gasteiger partial charge in [0.25, 0.3) is 0 Å². The van der Waals surface area contributed by atoms with Crippen LogP contribution >= 0.6 is 0 Å². The lowest BCUT2D eigenvalue weighted by Gasteiger charge is -2.13. The Morgan fingerprint density at radius 1 is 0.417 bits per heavy atom. The predicted octanol–water partition coefficient (Wildman–Crippen LogP) is 5.80. The van der Waals surface area contributed by atoms with Gasteiger partial charge in [-0.3, -0.25) is 14.4 Å². The maximum Gasteiger partial charge on any atom is 0.233 e. The molecule has 0 saturated heterocycles. The second kappa shape index (κ2) is 12.3. The largest absolute Gasteiger partial charge is 0.378 e. The van der Waals surface area contributed by atoms with Gasteiger partial charge in [-0.25, -0.2) is 0 Å². The molecule has 0 aliphatic heterocycles. The van der Waals surface area contributed by atoms with Crippen LogP contribution in [0.3, 0.4) is 0 Å². The van der Waals surface area contributed by atoms with E-state index >= 15 is 0 Å². The first-order valence-electron chi connectivity index (χ1n) is 11.6. The van der Waals surface area contributed by atoms with Crippen molar-refractivity contribution < 1.29 is 14.4 Å². The normalized spacial score (nSPS) is 10.0. The lowest BCUT2D eigenvalue weighted by molar-refractivity contribution is 0.0817. The molecule has 4 rings (SSSR count). The van der Waals surface area contributed by atoms with E-state index in [4.69, 9.17) is 0 Å². The second-order valence-corrected chi connectivity index (χ2v) is 8.60. The minimum atomic E-state index is -0.466. The average molecular weight is 479 g/mol. The molecule has 0 aromatic heterocycles. The summed E-state index contributed by atoms with van der Waals surface area (Å²) in [4.78, 5) is 40.0. The fraction of sp³-hybridized carbons (Fsp3) is 0.129. The van der Waals surface area contributed by atoms with E-state index in [1.807, 2.05) is 98.7 Å². The van der Waals surface area contributed by atoms with Gasteiger partial charge in [-0.2, -0.15) is 0 Å². The maximum atomic E-state index is 12.4. The highest BCUT2D eigenvalue weighted by atomic mass is 16.2. The van der Waals surface area contributed by atoms with Crippen LogP contribution in [-0.4, -0.2) is 45.5 Å². The van der Waals surface area contributed by atoms with Gasteiger partial charge < -0.3 is 9.80 Å². The van der Waals surface area contributed by atoms with Gasteiger partial charge in [0.1, 0.15) is 0 Å². The Bertz CT molecular complexity index is 1190. The van der Waals surface area contributed by atoms with Gasteiger partial charge in [0, 0.05) is 61.8 Å². The van der Waals surface area contributed by atoms with Gasteiger partial charge in [0.2, 0.25) is 11.6 Å². The van der Waals surface area contributed by atoms with Gasteiger partial charge in [0.15, 0.2) is 5.78 Å². The fourth-order valence-electron chi connectivity index (χ4n) is 3.43. The van der Waals surface area contributed by atoms with Crippen LogP contribution in [0.15, 0.2) is 109 Å². The topological polar surface area (TPSA) is 57.7 Å². The number of nitrogens with zero attached hydrogens (tertiary/aromatic N) is 2. The van der Waals surface area contributed by atoms with E-state index in [9.17, 15) is 14.4 Å². The van der Waals surface area contributed by atoms with Crippen molar-refractivity contribution in [3.63, 3.8) is 0 Å². The number of benzene rings is 4. The van der Waals surface area contributed by atoms with Crippen LogP contribution in [-0.2, 0) is 0 Å². The van der Waals surface area contributed by atoms with Crippen LogP contribution in [0, 0.1) is 0 Å². The Kier molecular flexibility index (Phi) is 8.89. The van der Waals surface area contributed by atoms with Gasteiger partial charge in [-0.05, 0) is 48.5 Å². The van der Waals surface area contributed by atoms with E-state index in [1.165, 1.54) is 0 Å². The molecule has 5 heteroatoms. The minimum absolute atomic E-state index is 0.0561. The molecule has 0 radical (unpaired) electrons. The highest BCUT2D eigenvalue weighted by molar-refractivity contribution is 6.49. The van der Waals surface area contributed by atoms with Crippen molar-refractivity contribution in [2.45, 2.75) is 0 Å². The van der Waals surface area contributed by atoms with Crippen molar-refractivity contribution in [2.24, 2.45) is 0 Å². The van der Waals surface area contributed by atoms with Gasteiger partial charge in [0.05, 0.1) is 0 Å². The standard InChI is InChI=1S/C17H20N2O.C14H10O2/c1-18(2)15-9-5-13(6-10-15)17(20)14-7-11-16(12-8-14)19(3)4;15-13(11-7-3-1-4-8-11)14(16)12-9-5-2-6-10-12/h5-12H,1-4H3;1-10H. The van der Waals surface area contributed by atoms with Crippen LogP contribution in [0.2, 0.25) is 0 Å². The molecule has 182 valence electrons. The molecular formula is C31H30N2O3. The summed E-state index contributed by atoms with van der Waals surface area (Å²) in [5.74, 6) is -0.876. The highest BCUT2D eigenvalue weighted by Gasteiger charge is 2.17. The fourth-order valence-corrected chi connectivity index (χ4v) is 3.43. The number of Topliss-reactive ketones (excluding diaryl/α,β-unsaturated/α-hetero) is 2. The zero-order chi connectivity index (χ0) is 26.1. The summed E-state index contributed by atoms with van der Waals surface area (Å²) in [6, 6.07) is 32.5. The number of carbonyl (C=O) groups is 3. The van der Waals surface area contributed by atoms with Crippen LogP contribution in [0.1, 0.15) is 36.6 Å². The number of anilines is 2. The zero-order valence-electron chi connectivity index (χ0n) is 21.0. The third kappa shape index (κ3) is 6.76. The van der Waals surface area contributed by atoms with E-state index in [2.05, 4.69) is 0 Å². The molecule has 0 aliphatic rings. The summed E-state index contributed by atoms with van der Waals surface area (Å²) in [7, 11) is 7.93. The molecule has 0 amide bonds. The van der Waals surface area contributed by atoms with Crippen molar-refractivity contribution >= 4 is 28.7 Å². The smallest absolute Gasteiger partial charge is 0.233 e. The molecule has 4 aromatic rings. The Morgan fingerprint density at radius 2 is 0.722 bits per heavy atom. The van der Waals surface area contributed by atoms with Crippen LogP contribution in [0.25, 0.3) is 0 Å². The van der Waals surface area contributed by atoms with Gasteiger partial charge >= 0.3 is 0 Å². The summed E-state index contributed by atoms with van der Waals surface area (Å²) in [5.41, 5.74) is 4.46. The van der Waals surface area contributed by atoms with E-state index < -0.39 is 11.6 Å². The molecule has 0 saturated carbocycles. The van der Waals surface area contributed by atoms with Gasteiger partial charge in [-0.15, -0.1) is 0 Å². The monoisotopic (exact) mass is 478 g/mol. The first-order chi connectivity index (χ1) is 17.3. The van der Waals surface area contributed by atoms with Crippen molar-refractivity contribution in [1.29, 1.82) is 0 Å². The summed E-state index contributed by atoms with van der Waals surface area (Å²) >= 11 is 0. The molecule has 0 aliphatic carbocycles. The molecule has 36 heavy (non-hydrogen) atoms. The molecule has 5 nitrogen and oxygen atoms in total. The Morgan fingerprint density at radius 3 is 1.00 bits per heavy atom. The van der Waals surface area contributed by atoms with Crippen molar-refractivity contribution in [2.75, 3.05) is 38.0 Å². The number of carbonyl (C=O) groups excluding carboxylic acids is 3. The third-order valence-electron chi connectivity index (χ3n) is 5.57. The van der Waals surface area contributed by atoms with E-state index in [1.54, 1.807) is 48.5 Å². The first-order valence-corrected chi connectivity index (χ1v) is 11.6. The molecule has 0 bridgehead atoms. The minimum Gasteiger partial charge on any atom is -0.378 e. The lowest BCUT2D eigenvalue weighted by Crippen LogP contribution is -2.14. The molecule has 0 fully saturated rings. The number of hydrogen-bond donors (Lipinski definition) is 0. The van der Waals surface area contributed by atoms with Crippen LogP contribution < -0.4 is 9.80 Å². The molecule has 0 heterocycles. The first kappa shape index (κ1) is 26.1. The average Bonchev–Trinajstić information content (AvgIpc) is 2.93. The number of rotatable bonds is 7. The summed E-state index contributed by atoms with van der Waals surface area (Å²) in [6.45, 7) is 0. The maximum absolute atomic E-state index is 12.4. The summed E-state index contributed by atoms with van der Waals surface area (Å²) in [6.07, 6.45) is 0. The zero-order valence-corrected chi connectivity index (χ0v) is 21.0. The third-order valence-corrected chi connectivity index (χ3v) is 5.57. The van der Waals surface area contributed by atoms with E-state index in [-0.39, 0.29) is 5.78 Å². The molecule has 0 spiro atoms. The Balaban J connectivity index is 0.000000205. The summed E-state index contributed by atoms with van der Waals surface area (Å²) in [5, 5.41) is 0. The van der Waals surface area contributed by atoms with E-state index in [0.717, 1.165) is 11.4 Å². The number of hydrogen-bond acceptors (Lipinski definition) is 5. The van der Waals surface area contributed by atoms with Crippen LogP contribution in [0.5, 0.6) is 0 Å². The highest BCUT2D eigenvalue weighted by Crippen LogP contribution is 2.18. The predicted molar refractivity (Wildman–Crippen MR) is 147 cm³/mol. The van der Waals surface area contributed by atoms with Crippen molar-refractivity contribution in [1.82, 2.24) is 0 Å². The van der Waals surface area contributed by atoms with E-state index in [0.29, 0.717) is 22.3 Å². The second-order valence-electron chi connectivity index (χ2n) is 8.60. The molecule has 0 atom stereocenters. The molecule has 0 unspecified atom stereocenters. The Hall–Kier alpha value is -4.51. The van der Waals surface area contributed by atoms with Gasteiger partial charge in [-0.1, -0.05) is 60.7 Å². The van der Waals surface area contributed by atoms with Crippen molar-refractivity contribution in [3.8, 4) is 0 Å².